The van der Waals surface area contributed by atoms with E-state index in [0.29, 0.717) is 25.3 Å². The van der Waals surface area contributed by atoms with Crippen molar-refractivity contribution in [3.8, 4) is 0 Å². The molecule has 0 bridgehead atoms. The number of nitrogens with zero attached hydrogens (tertiary/aromatic N) is 3. The van der Waals surface area contributed by atoms with Gasteiger partial charge < -0.3 is 5.32 Å². The molecule has 1 N–H and O–H groups in total. The standard InChI is InChI=1S/C24H28N4O3S/c1-19-14-23(28(26-19)22-12-13-32(30,31)18-22)25-24(29)17-27(15-20-8-4-2-5-9-20)16-21-10-6-3-7-11-21/h2-11,14,22H,12-13,15-18H2,1H3,(H,25,29). The van der Waals surface area contributed by atoms with Crippen LogP contribution in [0.5, 0.6) is 0 Å². The zero-order valence-electron chi connectivity index (χ0n) is 18.1. The van der Waals surface area contributed by atoms with Crippen molar-refractivity contribution in [2.75, 3.05) is 23.4 Å². The predicted molar refractivity (Wildman–Crippen MR) is 125 cm³/mol. The van der Waals surface area contributed by atoms with Crippen molar-refractivity contribution in [3.63, 3.8) is 0 Å². The van der Waals surface area contributed by atoms with Gasteiger partial charge in [-0.2, -0.15) is 5.10 Å². The quantitative estimate of drug-likeness (QED) is 0.567. The number of aromatic nitrogens is 2. The lowest BCUT2D eigenvalue weighted by atomic mass is 10.1. The highest BCUT2D eigenvalue weighted by Gasteiger charge is 2.31. The molecule has 3 aromatic rings. The second-order valence-electron chi connectivity index (χ2n) is 8.34. The Morgan fingerprint density at radius 1 is 1.06 bits per heavy atom. The van der Waals surface area contributed by atoms with E-state index >= 15 is 0 Å². The summed E-state index contributed by atoms with van der Waals surface area (Å²) in [5.41, 5.74) is 3.01. The SMILES string of the molecule is Cc1cc(NC(=O)CN(Cc2ccccc2)Cc2ccccc2)n(C2CCS(=O)(=O)C2)n1. The molecule has 1 fully saturated rings. The molecule has 0 aliphatic carbocycles. The lowest BCUT2D eigenvalue weighted by Crippen LogP contribution is -2.33. The molecule has 0 saturated carbocycles. The molecule has 1 saturated heterocycles. The fourth-order valence-electron chi connectivity index (χ4n) is 4.09. The lowest BCUT2D eigenvalue weighted by molar-refractivity contribution is -0.117. The minimum atomic E-state index is -3.05. The van der Waals surface area contributed by atoms with Gasteiger partial charge in [0.2, 0.25) is 5.91 Å². The Kier molecular flexibility index (Phi) is 6.72. The Labute approximate surface area is 189 Å². The summed E-state index contributed by atoms with van der Waals surface area (Å²) in [4.78, 5) is 15.1. The number of carbonyl (C=O) groups excluding carboxylic acids is 1. The van der Waals surface area contributed by atoms with Crippen molar-refractivity contribution in [2.24, 2.45) is 0 Å². The number of nitrogens with one attached hydrogen (secondary N) is 1. The molecule has 2 heterocycles. The van der Waals surface area contributed by atoms with Crippen LogP contribution in [0.3, 0.4) is 0 Å². The number of hydrogen-bond acceptors (Lipinski definition) is 5. The molecule has 1 aliphatic heterocycles. The van der Waals surface area contributed by atoms with Crippen LogP contribution in [0, 0.1) is 6.92 Å². The molecule has 4 rings (SSSR count). The van der Waals surface area contributed by atoms with Crippen molar-refractivity contribution in [3.05, 3.63) is 83.6 Å². The first-order chi connectivity index (χ1) is 15.4. The van der Waals surface area contributed by atoms with Crippen LogP contribution < -0.4 is 5.32 Å². The number of amides is 1. The van der Waals surface area contributed by atoms with Crippen molar-refractivity contribution in [1.29, 1.82) is 0 Å². The van der Waals surface area contributed by atoms with Gasteiger partial charge in [0.1, 0.15) is 5.82 Å². The third-order valence-electron chi connectivity index (χ3n) is 5.54. The molecule has 0 spiro atoms. The average Bonchev–Trinajstić information content (AvgIpc) is 3.30. The number of anilines is 1. The molecule has 1 aliphatic rings. The second kappa shape index (κ2) is 9.67. The smallest absolute Gasteiger partial charge is 0.239 e. The zero-order valence-corrected chi connectivity index (χ0v) is 19.0. The molecule has 1 atom stereocenters. The van der Waals surface area contributed by atoms with E-state index < -0.39 is 9.84 Å². The van der Waals surface area contributed by atoms with Crippen LogP contribution in [0.2, 0.25) is 0 Å². The number of carbonyl (C=O) groups is 1. The third-order valence-corrected chi connectivity index (χ3v) is 7.30. The van der Waals surface area contributed by atoms with Crippen LogP contribution in [0.25, 0.3) is 0 Å². The number of aryl methyl sites for hydroxylation is 1. The Morgan fingerprint density at radius 3 is 2.19 bits per heavy atom. The molecular formula is C24H28N4O3S. The molecule has 168 valence electrons. The van der Waals surface area contributed by atoms with Gasteiger partial charge in [-0.3, -0.25) is 9.69 Å². The Hall–Kier alpha value is -2.97. The fourth-order valence-corrected chi connectivity index (χ4v) is 5.79. The summed E-state index contributed by atoms with van der Waals surface area (Å²) in [6, 6.07) is 21.7. The van der Waals surface area contributed by atoms with Crippen LogP contribution >= 0.6 is 0 Å². The molecule has 8 heteroatoms. The number of sulfone groups is 1. The zero-order chi connectivity index (χ0) is 22.6. The third kappa shape index (κ3) is 5.83. The maximum Gasteiger partial charge on any atom is 0.239 e. The van der Waals surface area contributed by atoms with Gasteiger partial charge in [0.15, 0.2) is 9.84 Å². The lowest BCUT2D eigenvalue weighted by Gasteiger charge is -2.22. The van der Waals surface area contributed by atoms with Crippen molar-refractivity contribution in [2.45, 2.75) is 32.5 Å². The van der Waals surface area contributed by atoms with Crippen molar-refractivity contribution in [1.82, 2.24) is 14.7 Å². The maximum absolute atomic E-state index is 13.0. The van der Waals surface area contributed by atoms with E-state index in [0.717, 1.165) is 16.8 Å². The molecule has 1 amide bonds. The Bertz CT molecular complexity index is 1120. The predicted octanol–water partition coefficient (Wildman–Crippen LogP) is 3.19. The number of hydrogen-bond donors (Lipinski definition) is 1. The van der Waals surface area contributed by atoms with E-state index in [4.69, 9.17) is 0 Å². The first-order valence-corrected chi connectivity index (χ1v) is 12.6. The van der Waals surface area contributed by atoms with Crippen LogP contribution in [0.15, 0.2) is 66.7 Å². The molecular weight excluding hydrogens is 424 g/mol. The molecule has 0 radical (unpaired) electrons. The van der Waals surface area contributed by atoms with Gasteiger partial charge in [-0.1, -0.05) is 60.7 Å². The van der Waals surface area contributed by atoms with Crippen LogP contribution in [-0.4, -0.2) is 47.1 Å². The van der Waals surface area contributed by atoms with Gasteiger partial charge in [-0.25, -0.2) is 13.1 Å². The van der Waals surface area contributed by atoms with E-state index in [2.05, 4.69) is 39.6 Å². The van der Waals surface area contributed by atoms with E-state index in [9.17, 15) is 13.2 Å². The number of rotatable bonds is 8. The van der Waals surface area contributed by atoms with Gasteiger partial charge in [0.05, 0.1) is 29.8 Å². The normalized spacial score (nSPS) is 17.5. The summed E-state index contributed by atoms with van der Waals surface area (Å²) in [6.07, 6.45) is 0.514. The topological polar surface area (TPSA) is 84.3 Å². The largest absolute Gasteiger partial charge is 0.310 e. The minimum Gasteiger partial charge on any atom is -0.310 e. The number of benzene rings is 2. The highest BCUT2D eigenvalue weighted by Crippen LogP contribution is 2.27. The van der Waals surface area contributed by atoms with Gasteiger partial charge in [-0.05, 0) is 24.5 Å². The first kappa shape index (κ1) is 22.2. The summed E-state index contributed by atoms with van der Waals surface area (Å²) in [5, 5.41) is 7.41. The van der Waals surface area contributed by atoms with Crippen LogP contribution in [-0.2, 0) is 27.7 Å². The van der Waals surface area contributed by atoms with Gasteiger partial charge in [-0.15, -0.1) is 0 Å². The molecule has 1 unspecified atom stereocenters. The molecule has 1 aromatic heterocycles. The Balaban J connectivity index is 1.47. The minimum absolute atomic E-state index is 0.0606. The van der Waals surface area contributed by atoms with E-state index in [1.54, 1.807) is 10.7 Å². The highest BCUT2D eigenvalue weighted by atomic mass is 32.2. The average molecular weight is 453 g/mol. The fraction of sp³-hybridized carbons (Fsp3) is 0.333. The Morgan fingerprint density at radius 2 is 1.66 bits per heavy atom. The highest BCUT2D eigenvalue weighted by molar-refractivity contribution is 7.91. The molecule has 2 aromatic carbocycles. The summed E-state index contributed by atoms with van der Waals surface area (Å²) >= 11 is 0. The van der Waals surface area contributed by atoms with Crippen LogP contribution in [0.4, 0.5) is 5.82 Å². The van der Waals surface area contributed by atoms with Gasteiger partial charge in [0.25, 0.3) is 0 Å². The van der Waals surface area contributed by atoms with E-state index in [1.807, 2.05) is 43.3 Å². The van der Waals surface area contributed by atoms with Crippen LogP contribution in [0.1, 0.15) is 29.3 Å². The van der Waals surface area contributed by atoms with Crippen molar-refractivity contribution < 1.29 is 13.2 Å². The monoisotopic (exact) mass is 452 g/mol. The maximum atomic E-state index is 13.0. The van der Waals surface area contributed by atoms with Gasteiger partial charge in [0, 0.05) is 19.2 Å². The summed E-state index contributed by atoms with van der Waals surface area (Å²) in [5.74, 6) is 0.615. The molecule has 32 heavy (non-hydrogen) atoms. The first-order valence-electron chi connectivity index (χ1n) is 10.7. The summed E-state index contributed by atoms with van der Waals surface area (Å²) in [7, 11) is -3.05. The van der Waals surface area contributed by atoms with Crippen molar-refractivity contribution >= 4 is 21.6 Å². The summed E-state index contributed by atoms with van der Waals surface area (Å²) < 4.78 is 25.5. The van der Waals surface area contributed by atoms with E-state index in [1.165, 1.54) is 0 Å². The molecule has 7 nitrogen and oxygen atoms in total. The van der Waals surface area contributed by atoms with E-state index in [-0.39, 0.29) is 30.0 Å². The second-order valence-corrected chi connectivity index (χ2v) is 10.6. The summed E-state index contributed by atoms with van der Waals surface area (Å²) in [6.45, 7) is 3.33. The van der Waals surface area contributed by atoms with Gasteiger partial charge >= 0.3 is 0 Å².